The third-order valence-corrected chi connectivity index (χ3v) is 6.37. The van der Waals surface area contributed by atoms with Crippen molar-refractivity contribution in [3.63, 3.8) is 0 Å². The Morgan fingerprint density at radius 3 is 2.24 bits per heavy atom. The van der Waals surface area contributed by atoms with Gasteiger partial charge < -0.3 is 11.1 Å². The maximum absolute atomic E-state index is 12.7. The Morgan fingerprint density at radius 2 is 1.71 bits per heavy atom. The van der Waals surface area contributed by atoms with Crippen LogP contribution in [0.2, 0.25) is 0 Å². The molecule has 0 aromatic heterocycles. The maximum atomic E-state index is 12.7. The molecule has 0 radical (unpaired) electrons. The first-order valence-electron chi connectivity index (χ1n) is 9.19. The van der Waals surface area contributed by atoms with E-state index in [2.05, 4.69) is 12.2 Å². The Morgan fingerprint density at radius 1 is 1.10 bits per heavy atom. The summed E-state index contributed by atoms with van der Waals surface area (Å²) in [4.78, 5) is 12.7. The lowest BCUT2D eigenvalue weighted by molar-refractivity contribution is -0.138. The highest BCUT2D eigenvalue weighted by Gasteiger charge is 2.50. The average Bonchev–Trinajstić information content (AvgIpc) is 2.44. The SMILES string of the molecule is CCCC(CCN)CNC(=O)C1C2CC3CC(C2)CC1C3. The van der Waals surface area contributed by atoms with E-state index < -0.39 is 0 Å². The first-order chi connectivity index (χ1) is 10.2. The molecule has 4 aliphatic carbocycles. The Balaban J connectivity index is 1.53. The molecule has 21 heavy (non-hydrogen) atoms. The van der Waals surface area contributed by atoms with Crippen LogP contribution in [0.1, 0.15) is 58.3 Å². The Hall–Kier alpha value is -0.570. The van der Waals surface area contributed by atoms with E-state index in [4.69, 9.17) is 5.73 Å². The van der Waals surface area contributed by atoms with Crippen LogP contribution in [0.3, 0.4) is 0 Å². The summed E-state index contributed by atoms with van der Waals surface area (Å²) in [7, 11) is 0. The van der Waals surface area contributed by atoms with Gasteiger partial charge in [0.2, 0.25) is 5.91 Å². The highest BCUT2D eigenvalue weighted by Crippen LogP contribution is 2.56. The fourth-order valence-electron chi connectivity index (χ4n) is 5.71. The van der Waals surface area contributed by atoms with Gasteiger partial charge in [0.05, 0.1) is 0 Å². The van der Waals surface area contributed by atoms with Crippen molar-refractivity contribution in [1.82, 2.24) is 5.32 Å². The van der Waals surface area contributed by atoms with Crippen LogP contribution in [0.25, 0.3) is 0 Å². The van der Waals surface area contributed by atoms with Gasteiger partial charge >= 0.3 is 0 Å². The van der Waals surface area contributed by atoms with Gasteiger partial charge in [0.1, 0.15) is 0 Å². The molecule has 0 aromatic rings. The lowest BCUT2D eigenvalue weighted by Gasteiger charge is -2.53. The van der Waals surface area contributed by atoms with Crippen molar-refractivity contribution < 1.29 is 4.79 Å². The molecule has 4 rings (SSSR count). The molecule has 4 aliphatic rings. The summed E-state index contributed by atoms with van der Waals surface area (Å²) >= 11 is 0. The highest BCUT2D eigenvalue weighted by atomic mass is 16.1. The Labute approximate surface area is 129 Å². The smallest absolute Gasteiger partial charge is 0.223 e. The zero-order valence-electron chi connectivity index (χ0n) is 13.5. The van der Waals surface area contributed by atoms with Gasteiger partial charge in [-0.3, -0.25) is 4.79 Å². The number of carbonyl (C=O) groups excluding carboxylic acids is 1. The van der Waals surface area contributed by atoms with Gasteiger partial charge in [-0.25, -0.2) is 0 Å². The zero-order valence-corrected chi connectivity index (χ0v) is 13.5. The van der Waals surface area contributed by atoms with E-state index in [1.807, 2.05) is 0 Å². The van der Waals surface area contributed by atoms with Crippen LogP contribution in [0.4, 0.5) is 0 Å². The summed E-state index contributed by atoms with van der Waals surface area (Å²) in [6.07, 6.45) is 10.2. The van der Waals surface area contributed by atoms with Crippen LogP contribution in [0.5, 0.6) is 0 Å². The van der Waals surface area contributed by atoms with Crippen molar-refractivity contribution >= 4 is 5.91 Å². The minimum atomic E-state index is 0.331. The van der Waals surface area contributed by atoms with Gasteiger partial charge in [-0.2, -0.15) is 0 Å². The number of nitrogens with one attached hydrogen (secondary N) is 1. The second-order valence-corrected chi connectivity index (χ2v) is 7.93. The van der Waals surface area contributed by atoms with Gasteiger partial charge in [0, 0.05) is 12.5 Å². The number of hydrogen-bond acceptors (Lipinski definition) is 2. The minimum absolute atomic E-state index is 0.331. The summed E-state index contributed by atoms with van der Waals surface area (Å²) in [6, 6.07) is 0. The van der Waals surface area contributed by atoms with Gasteiger partial charge in [-0.05, 0) is 81.1 Å². The number of nitrogens with two attached hydrogens (primary N) is 1. The quantitative estimate of drug-likeness (QED) is 0.758. The predicted molar refractivity (Wildman–Crippen MR) is 85.6 cm³/mol. The normalized spacial score (nSPS) is 38.5. The average molecular weight is 292 g/mol. The summed E-state index contributed by atoms with van der Waals surface area (Å²) < 4.78 is 0. The number of carbonyl (C=O) groups is 1. The molecule has 4 saturated carbocycles. The maximum Gasteiger partial charge on any atom is 0.223 e. The summed E-state index contributed by atoms with van der Waals surface area (Å²) in [6.45, 7) is 3.79. The van der Waals surface area contributed by atoms with Crippen molar-refractivity contribution in [2.24, 2.45) is 41.2 Å². The van der Waals surface area contributed by atoms with Crippen molar-refractivity contribution in [3.05, 3.63) is 0 Å². The molecule has 1 unspecified atom stereocenters. The molecule has 0 aliphatic heterocycles. The molecular formula is C18H32N2O. The molecule has 4 bridgehead atoms. The zero-order chi connectivity index (χ0) is 14.8. The van der Waals surface area contributed by atoms with Crippen LogP contribution in [-0.4, -0.2) is 19.0 Å². The van der Waals surface area contributed by atoms with Crippen LogP contribution in [0, 0.1) is 35.5 Å². The molecule has 1 amide bonds. The molecule has 120 valence electrons. The minimum Gasteiger partial charge on any atom is -0.356 e. The fraction of sp³-hybridized carbons (Fsp3) is 0.944. The second kappa shape index (κ2) is 6.68. The van der Waals surface area contributed by atoms with E-state index in [0.717, 1.165) is 31.3 Å². The standard InChI is InChI=1S/C18H32N2O/c1-2-3-12(4-5-19)11-20-18(21)17-15-7-13-6-14(9-15)10-16(17)8-13/h12-17H,2-11,19H2,1H3,(H,20,21). The van der Waals surface area contributed by atoms with Crippen molar-refractivity contribution in [3.8, 4) is 0 Å². The van der Waals surface area contributed by atoms with E-state index >= 15 is 0 Å². The topological polar surface area (TPSA) is 55.1 Å². The monoisotopic (exact) mass is 292 g/mol. The van der Waals surface area contributed by atoms with E-state index in [-0.39, 0.29) is 0 Å². The summed E-state index contributed by atoms with van der Waals surface area (Å²) in [5, 5.41) is 3.29. The molecule has 3 nitrogen and oxygen atoms in total. The lowest BCUT2D eigenvalue weighted by atomic mass is 9.51. The van der Waals surface area contributed by atoms with Crippen LogP contribution in [-0.2, 0) is 4.79 Å². The third-order valence-electron chi connectivity index (χ3n) is 6.37. The summed E-state index contributed by atoms with van der Waals surface area (Å²) in [5.41, 5.74) is 5.69. The Kier molecular flexibility index (Phi) is 4.88. The lowest BCUT2D eigenvalue weighted by Crippen LogP contribution is -2.51. The molecule has 4 fully saturated rings. The van der Waals surface area contributed by atoms with E-state index in [0.29, 0.717) is 29.6 Å². The summed E-state index contributed by atoms with van der Waals surface area (Å²) in [5.74, 6) is 4.55. The van der Waals surface area contributed by atoms with E-state index in [9.17, 15) is 4.79 Å². The van der Waals surface area contributed by atoms with Gasteiger partial charge in [0.25, 0.3) is 0 Å². The van der Waals surface area contributed by atoms with E-state index in [1.165, 1.54) is 44.9 Å². The molecular weight excluding hydrogens is 260 g/mol. The number of hydrogen-bond donors (Lipinski definition) is 2. The largest absolute Gasteiger partial charge is 0.356 e. The van der Waals surface area contributed by atoms with Gasteiger partial charge in [0.15, 0.2) is 0 Å². The van der Waals surface area contributed by atoms with Crippen LogP contribution < -0.4 is 11.1 Å². The highest BCUT2D eigenvalue weighted by molar-refractivity contribution is 5.79. The second-order valence-electron chi connectivity index (χ2n) is 7.93. The molecule has 0 saturated heterocycles. The van der Waals surface area contributed by atoms with Crippen molar-refractivity contribution in [2.45, 2.75) is 58.3 Å². The fourth-order valence-corrected chi connectivity index (χ4v) is 5.71. The van der Waals surface area contributed by atoms with Crippen molar-refractivity contribution in [2.75, 3.05) is 13.1 Å². The molecule has 3 heteroatoms. The molecule has 1 atom stereocenters. The van der Waals surface area contributed by atoms with Crippen LogP contribution >= 0.6 is 0 Å². The number of amides is 1. The van der Waals surface area contributed by atoms with Crippen molar-refractivity contribution in [1.29, 1.82) is 0 Å². The first kappa shape index (κ1) is 15.3. The van der Waals surface area contributed by atoms with Crippen LogP contribution in [0.15, 0.2) is 0 Å². The number of rotatable bonds is 7. The molecule has 0 aromatic carbocycles. The molecule has 0 spiro atoms. The van der Waals surface area contributed by atoms with E-state index in [1.54, 1.807) is 0 Å². The predicted octanol–water partition coefficient (Wildman–Crippen LogP) is 2.94. The third kappa shape index (κ3) is 3.28. The molecule has 0 heterocycles. The first-order valence-corrected chi connectivity index (χ1v) is 9.19. The van der Waals surface area contributed by atoms with Gasteiger partial charge in [-0.1, -0.05) is 13.3 Å². The Bertz CT molecular complexity index is 334. The molecule has 3 N–H and O–H groups in total. The van der Waals surface area contributed by atoms with Gasteiger partial charge in [-0.15, -0.1) is 0 Å².